The second-order valence-corrected chi connectivity index (χ2v) is 5.08. The number of nitrogens with zero attached hydrogens (tertiary/aromatic N) is 4. The number of aryl methyl sites for hydroxylation is 1. The first-order chi connectivity index (χ1) is 9.54. The molecule has 0 aliphatic carbocycles. The molecule has 122 valence electrons. The van der Waals surface area contributed by atoms with Crippen molar-refractivity contribution in [1.29, 1.82) is 0 Å². The van der Waals surface area contributed by atoms with Gasteiger partial charge in [0.15, 0.2) is 11.8 Å². The van der Waals surface area contributed by atoms with E-state index in [4.69, 9.17) is 4.74 Å². The Bertz CT molecular complexity index is 432. The van der Waals surface area contributed by atoms with E-state index in [1.807, 2.05) is 18.5 Å². The van der Waals surface area contributed by atoms with Crippen LogP contribution in [0.5, 0.6) is 0 Å². The van der Waals surface area contributed by atoms with Gasteiger partial charge >= 0.3 is 0 Å². The molecule has 0 bridgehead atoms. The van der Waals surface area contributed by atoms with Crippen LogP contribution in [-0.2, 0) is 18.3 Å². The van der Waals surface area contributed by atoms with Crippen LogP contribution >= 0.6 is 24.0 Å². The second kappa shape index (κ2) is 10.8. The van der Waals surface area contributed by atoms with E-state index >= 15 is 0 Å². The maximum Gasteiger partial charge on any atom is 0.191 e. The molecule has 0 amide bonds. The number of nitrogens with one attached hydrogen (secondary N) is 2. The largest absolute Gasteiger partial charge is 0.383 e. The normalized spacial score (nSPS) is 11.4. The number of halogens is 1. The molecule has 0 atom stereocenters. The van der Waals surface area contributed by atoms with Crippen LogP contribution in [0.3, 0.4) is 0 Å². The molecule has 8 heteroatoms. The van der Waals surface area contributed by atoms with E-state index in [9.17, 15) is 0 Å². The third-order valence-corrected chi connectivity index (χ3v) is 2.84. The fourth-order valence-electron chi connectivity index (χ4n) is 1.49. The molecule has 0 aromatic carbocycles. The van der Waals surface area contributed by atoms with Crippen LogP contribution in [0.4, 0.5) is 0 Å². The fraction of sp³-hybridized carbons (Fsp3) is 0.769. The van der Waals surface area contributed by atoms with Crippen molar-refractivity contribution in [3.8, 4) is 0 Å². The number of aromatic nitrogens is 3. The van der Waals surface area contributed by atoms with Gasteiger partial charge in [-0.15, -0.1) is 34.2 Å². The topological polar surface area (TPSA) is 76.4 Å². The predicted molar refractivity (Wildman–Crippen MR) is 95.0 cm³/mol. The molecule has 7 nitrogen and oxygen atoms in total. The molecule has 1 rings (SSSR count). The molecule has 0 saturated carbocycles. The Kier molecular flexibility index (Phi) is 10.3. The van der Waals surface area contributed by atoms with Gasteiger partial charge in [-0.2, -0.15) is 0 Å². The van der Waals surface area contributed by atoms with Gasteiger partial charge in [0.25, 0.3) is 0 Å². The highest BCUT2D eigenvalue weighted by molar-refractivity contribution is 14.0. The van der Waals surface area contributed by atoms with Crippen LogP contribution < -0.4 is 10.6 Å². The number of ether oxygens (including phenoxy) is 1. The zero-order valence-corrected chi connectivity index (χ0v) is 15.8. The second-order valence-electron chi connectivity index (χ2n) is 5.08. The smallest absolute Gasteiger partial charge is 0.191 e. The number of aliphatic imine (C=N–C) groups is 1. The summed E-state index contributed by atoms with van der Waals surface area (Å²) in [6.07, 6.45) is 0. The molecule has 0 aliphatic rings. The highest BCUT2D eigenvalue weighted by Gasteiger charge is 2.05. The summed E-state index contributed by atoms with van der Waals surface area (Å²) < 4.78 is 6.97. The van der Waals surface area contributed by atoms with Crippen molar-refractivity contribution in [1.82, 2.24) is 25.4 Å². The third kappa shape index (κ3) is 7.60. The van der Waals surface area contributed by atoms with Crippen molar-refractivity contribution in [2.75, 3.05) is 26.8 Å². The molecule has 21 heavy (non-hydrogen) atoms. The minimum atomic E-state index is 0. The minimum absolute atomic E-state index is 0. The van der Waals surface area contributed by atoms with Crippen LogP contribution in [0.2, 0.25) is 0 Å². The highest BCUT2D eigenvalue weighted by atomic mass is 127. The van der Waals surface area contributed by atoms with E-state index in [0.717, 1.165) is 30.7 Å². The van der Waals surface area contributed by atoms with E-state index in [1.54, 1.807) is 7.11 Å². The lowest BCUT2D eigenvalue weighted by molar-refractivity contribution is 0.203. The zero-order valence-electron chi connectivity index (χ0n) is 13.5. The Morgan fingerprint density at radius 3 is 2.57 bits per heavy atom. The van der Waals surface area contributed by atoms with Gasteiger partial charge in [0.1, 0.15) is 12.4 Å². The van der Waals surface area contributed by atoms with Crippen molar-refractivity contribution in [2.45, 2.75) is 27.3 Å². The van der Waals surface area contributed by atoms with Crippen molar-refractivity contribution >= 4 is 29.9 Å². The Balaban J connectivity index is 0.00000400. The number of hydrogen-bond donors (Lipinski definition) is 2. The Labute approximate surface area is 144 Å². The van der Waals surface area contributed by atoms with Gasteiger partial charge in [-0.25, -0.2) is 4.99 Å². The molecule has 1 heterocycles. The van der Waals surface area contributed by atoms with Crippen LogP contribution in [0.1, 0.15) is 25.5 Å². The molecule has 0 unspecified atom stereocenters. The molecular weight excluding hydrogens is 383 g/mol. The lowest BCUT2D eigenvalue weighted by Crippen LogP contribution is -2.40. The van der Waals surface area contributed by atoms with Crippen molar-refractivity contribution in [3.63, 3.8) is 0 Å². The van der Waals surface area contributed by atoms with E-state index in [0.29, 0.717) is 19.1 Å². The first kappa shape index (κ1) is 20.1. The summed E-state index contributed by atoms with van der Waals surface area (Å²) in [7, 11) is 3.63. The predicted octanol–water partition coefficient (Wildman–Crippen LogP) is 1.08. The third-order valence-electron chi connectivity index (χ3n) is 2.84. The Morgan fingerprint density at radius 2 is 2.05 bits per heavy atom. The molecule has 2 N–H and O–H groups in total. The standard InChI is InChI=1S/C13H26N6O.HI/c1-10(2)8-15-13(14-6-7-20-5)16-9-12-18-17-11(3)19(12)4;/h10H,6-9H2,1-5H3,(H2,14,15,16);1H. The molecule has 0 fully saturated rings. The first-order valence-corrected chi connectivity index (χ1v) is 6.90. The van der Waals surface area contributed by atoms with Gasteiger partial charge in [0.2, 0.25) is 0 Å². The summed E-state index contributed by atoms with van der Waals surface area (Å²) in [5.41, 5.74) is 0. The molecular formula is C13H27IN6O. The summed E-state index contributed by atoms with van der Waals surface area (Å²) in [5.74, 6) is 3.07. The molecule has 0 saturated heterocycles. The maximum atomic E-state index is 5.03. The minimum Gasteiger partial charge on any atom is -0.383 e. The zero-order chi connectivity index (χ0) is 15.0. The first-order valence-electron chi connectivity index (χ1n) is 6.90. The van der Waals surface area contributed by atoms with Crippen molar-refractivity contribution < 1.29 is 4.74 Å². The summed E-state index contributed by atoms with van der Waals surface area (Å²) in [6, 6.07) is 0. The number of guanidine groups is 1. The van der Waals surface area contributed by atoms with E-state index in [2.05, 4.69) is 39.7 Å². The monoisotopic (exact) mass is 410 g/mol. The van der Waals surface area contributed by atoms with Crippen LogP contribution in [0, 0.1) is 12.8 Å². The average molecular weight is 410 g/mol. The van der Waals surface area contributed by atoms with Crippen LogP contribution in [-0.4, -0.2) is 47.5 Å². The van der Waals surface area contributed by atoms with Gasteiger partial charge in [-0.05, 0) is 12.8 Å². The quantitative estimate of drug-likeness (QED) is 0.305. The van der Waals surface area contributed by atoms with Gasteiger partial charge in [-0.1, -0.05) is 13.8 Å². The number of hydrogen-bond acceptors (Lipinski definition) is 4. The van der Waals surface area contributed by atoms with Crippen LogP contribution in [0.25, 0.3) is 0 Å². The molecule has 0 spiro atoms. The van der Waals surface area contributed by atoms with E-state index in [1.165, 1.54) is 0 Å². The number of rotatable bonds is 7. The van der Waals surface area contributed by atoms with E-state index in [-0.39, 0.29) is 24.0 Å². The van der Waals surface area contributed by atoms with Gasteiger partial charge < -0.3 is 19.9 Å². The molecule has 1 aromatic rings. The van der Waals surface area contributed by atoms with Crippen molar-refractivity contribution in [2.24, 2.45) is 18.0 Å². The lowest BCUT2D eigenvalue weighted by atomic mass is 10.2. The average Bonchev–Trinajstić information content (AvgIpc) is 2.73. The molecule has 1 aromatic heterocycles. The van der Waals surface area contributed by atoms with Gasteiger partial charge in [-0.3, -0.25) is 0 Å². The van der Waals surface area contributed by atoms with Gasteiger partial charge in [0.05, 0.1) is 6.61 Å². The molecule has 0 aliphatic heterocycles. The summed E-state index contributed by atoms with van der Waals surface area (Å²) >= 11 is 0. The Hall–Kier alpha value is -0.900. The van der Waals surface area contributed by atoms with E-state index < -0.39 is 0 Å². The van der Waals surface area contributed by atoms with Crippen LogP contribution in [0.15, 0.2) is 4.99 Å². The Morgan fingerprint density at radius 1 is 1.33 bits per heavy atom. The molecule has 0 radical (unpaired) electrons. The lowest BCUT2D eigenvalue weighted by Gasteiger charge is -2.13. The maximum absolute atomic E-state index is 5.03. The fourth-order valence-corrected chi connectivity index (χ4v) is 1.49. The number of methoxy groups -OCH3 is 1. The summed E-state index contributed by atoms with van der Waals surface area (Å²) in [5, 5.41) is 14.7. The SMILES string of the molecule is COCCNC(=NCc1nnc(C)n1C)NCC(C)C.I. The highest BCUT2D eigenvalue weighted by Crippen LogP contribution is 1.99. The van der Waals surface area contributed by atoms with Crippen molar-refractivity contribution in [3.05, 3.63) is 11.6 Å². The summed E-state index contributed by atoms with van der Waals surface area (Å²) in [6.45, 7) is 8.98. The van der Waals surface area contributed by atoms with Gasteiger partial charge in [0, 0.05) is 27.2 Å². The summed E-state index contributed by atoms with van der Waals surface area (Å²) in [4.78, 5) is 4.53.